The molecule has 0 aliphatic rings. The lowest BCUT2D eigenvalue weighted by Gasteiger charge is -2.19. The van der Waals surface area contributed by atoms with Gasteiger partial charge in [-0.3, -0.25) is 4.79 Å². The minimum absolute atomic E-state index is 0.0780. The topological polar surface area (TPSA) is 106 Å². The predicted molar refractivity (Wildman–Crippen MR) is 99.8 cm³/mol. The van der Waals surface area contributed by atoms with E-state index in [4.69, 9.17) is 0 Å². The first-order valence-electron chi connectivity index (χ1n) is 7.84. The summed E-state index contributed by atoms with van der Waals surface area (Å²) in [6.45, 7) is 7.04. The number of aliphatic hydroxyl groups is 1. The van der Waals surface area contributed by atoms with Crippen LogP contribution in [0.15, 0.2) is 40.9 Å². The summed E-state index contributed by atoms with van der Waals surface area (Å²) in [5.41, 5.74) is -0.913. The maximum absolute atomic E-state index is 12.7. The van der Waals surface area contributed by atoms with Crippen molar-refractivity contribution in [2.75, 3.05) is 6.26 Å². The zero-order chi connectivity index (χ0) is 19.1. The highest BCUT2D eigenvalue weighted by Crippen LogP contribution is 2.25. The number of aromatic hydroxyl groups is 1. The van der Waals surface area contributed by atoms with Crippen molar-refractivity contribution in [2.45, 2.75) is 31.1 Å². The SMILES string of the molecule is C=CCn1c(=O)c2cnc(SC)nc2n1-c1cc(O)cc(C(C)(C)O)n1. The number of hydrogen-bond donors (Lipinski definition) is 2. The van der Waals surface area contributed by atoms with Gasteiger partial charge in [0.1, 0.15) is 16.7 Å². The molecule has 8 nitrogen and oxygen atoms in total. The summed E-state index contributed by atoms with van der Waals surface area (Å²) >= 11 is 1.35. The Balaban J connectivity index is 2.40. The van der Waals surface area contributed by atoms with Crippen LogP contribution in [0.3, 0.4) is 0 Å². The second-order valence-electron chi connectivity index (χ2n) is 6.21. The lowest BCUT2D eigenvalue weighted by Crippen LogP contribution is -2.24. The molecule has 0 aliphatic carbocycles. The number of aromatic nitrogens is 5. The van der Waals surface area contributed by atoms with Gasteiger partial charge in [-0.2, -0.15) is 0 Å². The van der Waals surface area contributed by atoms with Crippen molar-refractivity contribution in [3.05, 3.63) is 47.0 Å². The predicted octanol–water partition coefficient (Wildman–Crippen LogP) is 1.82. The quantitative estimate of drug-likeness (QED) is 0.399. The number of fused-ring (bicyclic) bond motifs is 1. The maximum atomic E-state index is 12.7. The monoisotopic (exact) mass is 373 g/mol. The molecule has 0 aliphatic heterocycles. The van der Waals surface area contributed by atoms with Crippen molar-refractivity contribution in [1.29, 1.82) is 0 Å². The summed E-state index contributed by atoms with van der Waals surface area (Å²) in [7, 11) is 0. The molecule has 2 N–H and O–H groups in total. The average molecular weight is 373 g/mol. The van der Waals surface area contributed by atoms with Gasteiger partial charge in [-0.25, -0.2) is 24.3 Å². The molecule has 0 radical (unpaired) electrons. The molecule has 0 saturated carbocycles. The van der Waals surface area contributed by atoms with Crippen LogP contribution in [0.1, 0.15) is 19.5 Å². The van der Waals surface area contributed by atoms with Gasteiger partial charge in [-0.15, -0.1) is 6.58 Å². The third-order valence-corrected chi connectivity index (χ3v) is 4.34. The van der Waals surface area contributed by atoms with Gasteiger partial charge < -0.3 is 10.2 Å². The third-order valence-electron chi connectivity index (χ3n) is 3.78. The zero-order valence-corrected chi connectivity index (χ0v) is 15.5. The molecule has 3 rings (SSSR count). The van der Waals surface area contributed by atoms with E-state index in [-0.39, 0.29) is 29.4 Å². The molecule has 0 saturated heterocycles. The van der Waals surface area contributed by atoms with Crippen LogP contribution in [-0.4, -0.2) is 40.8 Å². The van der Waals surface area contributed by atoms with Crippen molar-refractivity contribution < 1.29 is 10.2 Å². The first-order chi connectivity index (χ1) is 12.3. The first kappa shape index (κ1) is 18.2. The van der Waals surface area contributed by atoms with Crippen LogP contribution >= 0.6 is 11.8 Å². The molecular weight excluding hydrogens is 354 g/mol. The normalized spacial score (nSPS) is 11.8. The fourth-order valence-corrected chi connectivity index (χ4v) is 2.89. The Bertz CT molecular complexity index is 1050. The van der Waals surface area contributed by atoms with Gasteiger partial charge in [-0.05, 0) is 20.1 Å². The van der Waals surface area contributed by atoms with Crippen LogP contribution in [0, 0.1) is 0 Å². The zero-order valence-electron chi connectivity index (χ0n) is 14.7. The molecule has 3 heterocycles. The molecule has 0 atom stereocenters. The molecule has 0 spiro atoms. The molecule has 9 heteroatoms. The molecule has 3 aromatic heterocycles. The standard InChI is InChI=1S/C17H19N5O3S/c1-5-6-21-15(24)11-9-18-16(26-4)20-14(11)22(21)13-8-10(23)7-12(19-13)17(2,3)25/h5,7-9,25H,1,6H2,2-4H3,(H,19,23). The van der Waals surface area contributed by atoms with Crippen molar-refractivity contribution in [1.82, 2.24) is 24.3 Å². The second-order valence-corrected chi connectivity index (χ2v) is 6.98. The number of rotatable bonds is 5. The molecule has 0 aromatic carbocycles. The Kier molecular flexibility index (Phi) is 4.59. The molecular formula is C17H19N5O3S. The van der Waals surface area contributed by atoms with Crippen molar-refractivity contribution >= 4 is 22.8 Å². The molecule has 26 heavy (non-hydrogen) atoms. The summed E-state index contributed by atoms with van der Waals surface area (Å²) in [6, 6.07) is 2.79. The molecule has 0 bridgehead atoms. The molecule has 0 unspecified atom stereocenters. The summed E-state index contributed by atoms with van der Waals surface area (Å²) in [6.07, 6.45) is 4.90. The fourth-order valence-electron chi connectivity index (χ4n) is 2.55. The Morgan fingerprint density at radius 3 is 2.69 bits per heavy atom. The van der Waals surface area contributed by atoms with E-state index in [0.717, 1.165) is 0 Å². The highest BCUT2D eigenvalue weighted by molar-refractivity contribution is 7.98. The van der Waals surface area contributed by atoms with Gasteiger partial charge in [0.25, 0.3) is 5.56 Å². The van der Waals surface area contributed by atoms with E-state index in [2.05, 4.69) is 21.5 Å². The number of pyridine rings is 1. The van der Waals surface area contributed by atoms with E-state index in [1.54, 1.807) is 19.9 Å². The van der Waals surface area contributed by atoms with Gasteiger partial charge >= 0.3 is 0 Å². The molecule has 0 fully saturated rings. The van der Waals surface area contributed by atoms with E-state index < -0.39 is 5.60 Å². The number of allylic oxidation sites excluding steroid dienone is 1. The van der Waals surface area contributed by atoms with Gasteiger partial charge in [0, 0.05) is 18.3 Å². The minimum atomic E-state index is -1.26. The van der Waals surface area contributed by atoms with Crippen LogP contribution in [-0.2, 0) is 12.1 Å². The highest BCUT2D eigenvalue weighted by atomic mass is 32.2. The lowest BCUT2D eigenvalue weighted by atomic mass is 10.0. The van der Waals surface area contributed by atoms with Gasteiger partial charge in [-0.1, -0.05) is 17.8 Å². The molecule has 0 amide bonds. The van der Waals surface area contributed by atoms with E-state index in [9.17, 15) is 15.0 Å². The summed E-state index contributed by atoms with van der Waals surface area (Å²) in [5.74, 6) is 0.188. The Labute approximate surface area is 153 Å². The van der Waals surface area contributed by atoms with Gasteiger partial charge in [0.15, 0.2) is 16.6 Å². The lowest BCUT2D eigenvalue weighted by molar-refractivity contribution is 0.0735. The van der Waals surface area contributed by atoms with Crippen molar-refractivity contribution in [3.63, 3.8) is 0 Å². The summed E-state index contributed by atoms with van der Waals surface area (Å²) in [5, 5.41) is 21.2. The summed E-state index contributed by atoms with van der Waals surface area (Å²) in [4.78, 5) is 25.8. The smallest absolute Gasteiger partial charge is 0.278 e. The number of hydrogen-bond acceptors (Lipinski definition) is 7. The Morgan fingerprint density at radius 1 is 1.35 bits per heavy atom. The van der Waals surface area contributed by atoms with Crippen LogP contribution in [0.2, 0.25) is 0 Å². The van der Waals surface area contributed by atoms with Crippen LogP contribution in [0.25, 0.3) is 16.9 Å². The Morgan fingerprint density at radius 2 is 2.08 bits per heavy atom. The molecule has 136 valence electrons. The van der Waals surface area contributed by atoms with Gasteiger partial charge in [0.05, 0.1) is 12.2 Å². The fraction of sp³-hybridized carbons (Fsp3) is 0.294. The van der Waals surface area contributed by atoms with E-state index in [0.29, 0.717) is 16.2 Å². The third kappa shape index (κ3) is 3.11. The van der Waals surface area contributed by atoms with E-state index in [1.807, 2.05) is 6.26 Å². The summed E-state index contributed by atoms with van der Waals surface area (Å²) < 4.78 is 2.92. The first-order valence-corrected chi connectivity index (χ1v) is 9.06. The van der Waals surface area contributed by atoms with E-state index in [1.165, 1.54) is 39.5 Å². The van der Waals surface area contributed by atoms with Crippen molar-refractivity contribution in [3.8, 4) is 11.6 Å². The largest absolute Gasteiger partial charge is 0.508 e. The molecule has 3 aromatic rings. The van der Waals surface area contributed by atoms with Crippen LogP contribution < -0.4 is 5.56 Å². The Hall–Kier alpha value is -2.65. The van der Waals surface area contributed by atoms with Crippen LogP contribution in [0.4, 0.5) is 0 Å². The average Bonchev–Trinajstić information content (AvgIpc) is 2.85. The van der Waals surface area contributed by atoms with Gasteiger partial charge in [0.2, 0.25) is 0 Å². The van der Waals surface area contributed by atoms with E-state index >= 15 is 0 Å². The highest BCUT2D eigenvalue weighted by Gasteiger charge is 2.23. The maximum Gasteiger partial charge on any atom is 0.278 e. The minimum Gasteiger partial charge on any atom is -0.508 e. The number of nitrogens with zero attached hydrogens (tertiary/aromatic N) is 5. The van der Waals surface area contributed by atoms with Crippen molar-refractivity contribution in [2.24, 2.45) is 0 Å². The number of thioether (sulfide) groups is 1. The second kappa shape index (κ2) is 6.58. The van der Waals surface area contributed by atoms with Crippen LogP contribution in [0.5, 0.6) is 5.75 Å².